The van der Waals surface area contributed by atoms with Crippen molar-refractivity contribution in [3.63, 3.8) is 0 Å². The molecule has 3 aromatic carbocycles. The monoisotopic (exact) mass is 625 g/mol. The van der Waals surface area contributed by atoms with E-state index in [2.05, 4.69) is 101 Å². The summed E-state index contributed by atoms with van der Waals surface area (Å²) >= 11 is 0. The van der Waals surface area contributed by atoms with E-state index in [1.54, 1.807) is 10.8 Å². The third-order valence-electron chi connectivity index (χ3n) is 7.95. The average Bonchev–Trinajstić information content (AvgIpc) is 3.55. The molecule has 1 atom stereocenters. The summed E-state index contributed by atoms with van der Waals surface area (Å²) in [6.07, 6.45) is 5.55. The Kier molecular flexibility index (Phi) is 11.0. The van der Waals surface area contributed by atoms with Crippen molar-refractivity contribution < 1.29 is 55.4 Å². The van der Waals surface area contributed by atoms with E-state index >= 15 is 0 Å². The Labute approximate surface area is 255 Å². The summed E-state index contributed by atoms with van der Waals surface area (Å²) in [5, 5.41) is 4.33. The molecular formula is C32H37Cl2OSiZr. The van der Waals surface area contributed by atoms with E-state index in [1.807, 2.05) is 6.26 Å². The molecule has 0 spiro atoms. The topological polar surface area (TPSA) is 13.1 Å². The van der Waals surface area contributed by atoms with Gasteiger partial charge in [0.1, 0.15) is 5.76 Å². The first-order valence-electron chi connectivity index (χ1n) is 12.9. The Morgan fingerprint density at radius 3 is 2.30 bits per heavy atom. The first-order valence-corrected chi connectivity index (χ1v) is 16.0. The molecule has 2 bridgehead atoms. The molecule has 1 nitrogen and oxygen atoms in total. The van der Waals surface area contributed by atoms with E-state index in [0.717, 1.165) is 5.54 Å². The van der Waals surface area contributed by atoms with Crippen LogP contribution < -0.4 is 24.8 Å². The molecule has 0 saturated heterocycles. The van der Waals surface area contributed by atoms with Gasteiger partial charge in [-0.25, -0.2) is 0 Å². The molecule has 3 aliphatic rings. The van der Waals surface area contributed by atoms with Gasteiger partial charge in [0.25, 0.3) is 0 Å². The molecular weight excluding hydrogens is 591 g/mol. The van der Waals surface area contributed by atoms with Crippen LogP contribution in [0, 0.1) is 0 Å². The fourth-order valence-electron chi connectivity index (χ4n) is 6.18. The summed E-state index contributed by atoms with van der Waals surface area (Å²) < 4.78 is 5.51. The molecule has 7 rings (SSSR count). The van der Waals surface area contributed by atoms with Crippen LogP contribution in [0.5, 0.6) is 0 Å². The van der Waals surface area contributed by atoms with Gasteiger partial charge in [-0.3, -0.25) is 0 Å². The second-order valence-electron chi connectivity index (χ2n) is 11.0. The minimum absolute atomic E-state index is 0. The summed E-state index contributed by atoms with van der Waals surface area (Å²) in [6.45, 7) is 13.9. The zero-order chi connectivity index (χ0) is 24.0. The van der Waals surface area contributed by atoms with Gasteiger partial charge in [0.05, 0.1) is 14.3 Å². The number of hydrogen-bond acceptors (Lipinski definition) is 1. The van der Waals surface area contributed by atoms with E-state index in [9.17, 15) is 0 Å². The van der Waals surface area contributed by atoms with Gasteiger partial charge >= 0.3 is 26.2 Å². The van der Waals surface area contributed by atoms with Crippen LogP contribution in [0.2, 0.25) is 13.1 Å². The van der Waals surface area contributed by atoms with Crippen LogP contribution in [0.3, 0.4) is 0 Å². The van der Waals surface area contributed by atoms with Gasteiger partial charge in [0.15, 0.2) is 0 Å². The summed E-state index contributed by atoms with van der Waals surface area (Å²) in [6, 6.07) is 22.6. The van der Waals surface area contributed by atoms with Crippen LogP contribution in [0.4, 0.5) is 0 Å². The summed E-state index contributed by atoms with van der Waals surface area (Å²) in [7, 11) is -1.08. The van der Waals surface area contributed by atoms with Gasteiger partial charge in [0.2, 0.25) is 0 Å². The van der Waals surface area contributed by atoms with Gasteiger partial charge in [-0.15, -0.1) is 34.5 Å². The number of hydrogen-bond donors (Lipinski definition) is 0. The molecule has 1 aromatic heterocycles. The number of allylic oxidation sites excluding steroid dienone is 1. The van der Waals surface area contributed by atoms with Crippen molar-refractivity contribution in [3.05, 3.63) is 95.0 Å². The molecule has 2 aliphatic heterocycles. The van der Waals surface area contributed by atoms with E-state index in [4.69, 9.17) is 4.42 Å². The average molecular weight is 628 g/mol. The first-order chi connectivity index (χ1) is 16.3. The van der Waals surface area contributed by atoms with E-state index in [1.165, 1.54) is 63.6 Å². The predicted octanol–water partition coefficient (Wildman–Crippen LogP) is 3.65. The maximum absolute atomic E-state index is 5.51. The van der Waals surface area contributed by atoms with E-state index in [-0.39, 0.29) is 51.0 Å². The molecule has 3 heterocycles. The Morgan fingerprint density at radius 2 is 1.70 bits per heavy atom. The Morgan fingerprint density at radius 1 is 1.00 bits per heavy atom. The van der Waals surface area contributed by atoms with Crippen molar-refractivity contribution in [2.45, 2.75) is 71.5 Å². The number of fused-ring (bicyclic) bond motifs is 1. The number of furan rings is 1. The summed E-state index contributed by atoms with van der Waals surface area (Å²) in [5.74, 6) is 1.80. The zero-order valence-electron chi connectivity index (χ0n) is 22.8. The van der Waals surface area contributed by atoms with E-state index < -0.39 is 8.07 Å². The maximum atomic E-state index is 5.51. The molecule has 1 unspecified atom stereocenters. The zero-order valence-corrected chi connectivity index (χ0v) is 27.8. The first kappa shape index (κ1) is 32.0. The molecule has 0 fully saturated rings. The van der Waals surface area contributed by atoms with Gasteiger partial charge in [-0.1, -0.05) is 81.8 Å². The van der Waals surface area contributed by atoms with Gasteiger partial charge in [-0.05, 0) is 48.1 Å². The van der Waals surface area contributed by atoms with Crippen LogP contribution in [0.1, 0.15) is 74.4 Å². The Bertz CT molecular complexity index is 1360. The van der Waals surface area contributed by atoms with Crippen LogP contribution in [0.25, 0.3) is 27.1 Å². The fourth-order valence-corrected chi connectivity index (χ4v) is 10.4. The Balaban J connectivity index is 0.000000274. The van der Waals surface area contributed by atoms with Crippen LogP contribution in [0.15, 0.2) is 76.9 Å². The van der Waals surface area contributed by atoms with Gasteiger partial charge < -0.3 is 29.2 Å². The van der Waals surface area contributed by atoms with Gasteiger partial charge in [-0.2, -0.15) is 6.07 Å². The largest absolute Gasteiger partial charge is 3.00 e. The molecule has 4 aromatic rings. The van der Waals surface area contributed by atoms with E-state index in [0.29, 0.717) is 5.92 Å². The maximum Gasteiger partial charge on any atom is 3.00 e. The smallest absolute Gasteiger partial charge is 1.00 e. The minimum Gasteiger partial charge on any atom is -1.00 e. The van der Waals surface area contributed by atoms with Crippen molar-refractivity contribution in [1.29, 1.82) is 0 Å². The number of unbranched alkanes of at least 4 members (excludes halogenated alkanes) is 1. The molecule has 5 heteroatoms. The fraction of sp³-hybridized carbons (Fsp3) is 0.344. The molecule has 1 radical (unpaired) electrons. The SMILES string of the molecule is CC1=C2c3occc3C1[Si]2(C)C.CCCCc1ccc(-c2cccc3[cH-]c(C(C)C)cc23)cc1.[Cl-].[Cl-].[Zr+3]. The Hall–Kier alpha value is -1.25. The third kappa shape index (κ3) is 5.72. The van der Waals surface area contributed by atoms with Crippen molar-refractivity contribution in [2.24, 2.45) is 0 Å². The number of aryl methyl sites for hydroxylation is 1. The number of halogens is 2. The summed E-state index contributed by atoms with van der Waals surface area (Å²) in [4.78, 5) is 0. The van der Waals surface area contributed by atoms with Crippen molar-refractivity contribution in [3.8, 4) is 11.1 Å². The molecule has 0 N–H and O–H groups in total. The molecule has 37 heavy (non-hydrogen) atoms. The molecule has 0 amide bonds. The van der Waals surface area contributed by atoms with Crippen molar-refractivity contribution in [1.82, 2.24) is 0 Å². The normalized spacial score (nSPS) is 16.1. The van der Waals surface area contributed by atoms with Crippen LogP contribution in [-0.2, 0) is 32.6 Å². The number of rotatable bonds is 5. The summed E-state index contributed by atoms with van der Waals surface area (Å²) in [5.41, 5.74) is 9.39. The third-order valence-corrected chi connectivity index (χ3v) is 12.0. The second-order valence-corrected chi connectivity index (χ2v) is 15.5. The molecule has 0 saturated carbocycles. The number of benzene rings is 2. The second kappa shape index (κ2) is 12.7. The standard InChI is InChI=1S/C22H25.C10H12OSi.2ClH.Zr/c1-4-5-7-17-10-12-18(13-11-17)21-9-6-8-19-14-20(16(2)3)15-22(19)21;1-6-9-7-4-5-11-8(7)10(6)12(9,2)3;;;/h6,8-16H,4-5,7H2,1-3H3;4-5,9H,1-3H3;2*1H;/q-1;;;;+3/p-2. The van der Waals surface area contributed by atoms with Crippen LogP contribution in [-0.4, -0.2) is 8.07 Å². The molecule has 1 aliphatic carbocycles. The minimum atomic E-state index is -1.08. The van der Waals surface area contributed by atoms with Crippen molar-refractivity contribution in [2.75, 3.05) is 0 Å². The predicted molar refractivity (Wildman–Crippen MR) is 149 cm³/mol. The molecule has 193 valence electrons. The van der Waals surface area contributed by atoms with Crippen LogP contribution >= 0.6 is 0 Å². The van der Waals surface area contributed by atoms with Crippen molar-refractivity contribution >= 4 is 24.0 Å². The quantitative estimate of drug-likeness (QED) is 0.243. The van der Waals surface area contributed by atoms with Gasteiger partial charge in [0, 0.05) is 11.1 Å².